The molecular formula is C17H8ClFO2. The van der Waals surface area contributed by atoms with Gasteiger partial charge in [-0.05, 0) is 53.2 Å². The first-order valence-corrected chi connectivity index (χ1v) is 6.75. The van der Waals surface area contributed by atoms with E-state index in [9.17, 15) is 9.18 Å². The molecule has 0 fully saturated rings. The number of benzene rings is 3. The van der Waals surface area contributed by atoms with Gasteiger partial charge in [-0.1, -0.05) is 17.7 Å². The van der Waals surface area contributed by atoms with E-state index in [1.807, 2.05) is 0 Å². The monoisotopic (exact) mass is 298 g/mol. The van der Waals surface area contributed by atoms with E-state index in [2.05, 4.69) is 0 Å². The molecule has 0 bridgehead atoms. The minimum atomic E-state index is -0.338. The Morgan fingerprint density at radius 3 is 2.52 bits per heavy atom. The molecule has 0 aliphatic carbocycles. The Bertz CT molecular complexity index is 1080. The van der Waals surface area contributed by atoms with Gasteiger partial charge in [0.15, 0.2) is 0 Å². The zero-order chi connectivity index (χ0) is 14.6. The minimum Gasteiger partial charge on any atom is -0.456 e. The number of fused-ring (bicyclic) bond motifs is 3. The molecule has 0 unspecified atom stereocenters. The van der Waals surface area contributed by atoms with Crippen LogP contribution in [0.15, 0.2) is 57.7 Å². The Morgan fingerprint density at radius 2 is 1.67 bits per heavy atom. The van der Waals surface area contributed by atoms with Crippen molar-refractivity contribution in [3.8, 4) is 0 Å². The molecule has 0 aliphatic heterocycles. The van der Waals surface area contributed by atoms with E-state index in [1.54, 1.807) is 36.4 Å². The van der Waals surface area contributed by atoms with Crippen LogP contribution in [0.2, 0.25) is 5.02 Å². The first-order chi connectivity index (χ1) is 10.1. The molecule has 4 heteroatoms. The summed E-state index contributed by atoms with van der Waals surface area (Å²) in [5, 5.41) is 2.80. The van der Waals surface area contributed by atoms with Crippen molar-refractivity contribution in [2.45, 2.75) is 0 Å². The Kier molecular flexibility index (Phi) is 2.53. The lowest BCUT2D eigenvalue weighted by Crippen LogP contribution is -2.02. The molecule has 4 aromatic rings. The average molecular weight is 299 g/mol. The summed E-state index contributed by atoms with van der Waals surface area (Å²) in [5.74, 6) is -0.338. The zero-order valence-corrected chi connectivity index (χ0v) is 11.4. The molecule has 0 spiro atoms. The van der Waals surface area contributed by atoms with Crippen LogP contribution in [0.4, 0.5) is 4.39 Å². The van der Waals surface area contributed by atoms with Gasteiger partial charge in [-0.15, -0.1) is 0 Å². The van der Waals surface area contributed by atoms with Gasteiger partial charge in [-0.3, -0.25) is 4.79 Å². The molecular weight excluding hydrogens is 291 g/mol. The van der Waals surface area contributed by atoms with Gasteiger partial charge in [0.05, 0.1) is 10.8 Å². The molecule has 2 nitrogen and oxygen atoms in total. The summed E-state index contributed by atoms with van der Waals surface area (Å²) < 4.78 is 19.1. The third-order valence-corrected chi connectivity index (χ3v) is 3.79. The molecule has 0 radical (unpaired) electrons. The van der Waals surface area contributed by atoms with Crippen molar-refractivity contribution in [1.29, 1.82) is 0 Å². The molecule has 0 saturated carbocycles. The van der Waals surface area contributed by atoms with Crippen molar-refractivity contribution in [2.24, 2.45) is 0 Å². The number of hydrogen-bond donors (Lipinski definition) is 0. The molecule has 1 aromatic heterocycles. The third kappa shape index (κ3) is 1.89. The normalized spacial score (nSPS) is 11.5. The Balaban J connectivity index is 2.23. The lowest BCUT2D eigenvalue weighted by Gasteiger charge is -2.04. The summed E-state index contributed by atoms with van der Waals surface area (Å²) in [7, 11) is 0. The third-order valence-electron chi connectivity index (χ3n) is 3.55. The first-order valence-electron chi connectivity index (χ1n) is 6.37. The van der Waals surface area contributed by atoms with Gasteiger partial charge in [0.25, 0.3) is 0 Å². The quantitative estimate of drug-likeness (QED) is 0.433. The summed E-state index contributed by atoms with van der Waals surface area (Å²) in [5.41, 5.74) is 0.798. The molecule has 0 atom stereocenters. The smallest absolute Gasteiger partial charge is 0.200 e. The van der Waals surface area contributed by atoms with Crippen LogP contribution in [-0.4, -0.2) is 0 Å². The second-order valence-corrected chi connectivity index (χ2v) is 5.35. The fourth-order valence-corrected chi connectivity index (χ4v) is 2.71. The van der Waals surface area contributed by atoms with Crippen molar-refractivity contribution < 1.29 is 8.81 Å². The van der Waals surface area contributed by atoms with Crippen molar-refractivity contribution in [1.82, 2.24) is 0 Å². The van der Waals surface area contributed by atoms with Gasteiger partial charge in [0.1, 0.15) is 17.0 Å². The highest BCUT2D eigenvalue weighted by Crippen LogP contribution is 2.26. The molecule has 0 saturated heterocycles. The Morgan fingerprint density at radius 1 is 0.857 bits per heavy atom. The van der Waals surface area contributed by atoms with Crippen LogP contribution >= 0.6 is 11.6 Å². The van der Waals surface area contributed by atoms with E-state index in [0.717, 1.165) is 5.39 Å². The second-order valence-electron chi connectivity index (χ2n) is 4.91. The molecule has 0 aliphatic rings. The molecule has 0 amide bonds. The molecule has 3 aromatic carbocycles. The first kappa shape index (κ1) is 12.4. The second kappa shape index (κ2) is 4.30. The molecule has 4 rings (SSSR count). The number of rotatable bonds is 0. The largest absolute Gasteiger partial charge is 0.456 e. The van der Waals surface area contributed by atoms with Crippen LogP contribution < -0.4 is 5.43 Å². The van der Waals surface area contributed by atoms with Crippen molar-refractivity contribution in [2.75, 3.05) is 0 Å². The summed E-state index contributed by atoms with van der Waals surface area (Å²) in [6, 6.07) is 12.8. The summed E-state index contributed by atoms with van der Waals surface area (Å²) in [4.78, 5) is 12.6. The van der Waals surface area contributed by atoms with Crippen LogP contribution in [0.3, 0.4) is 0 Å². The van der Waals surface area contributed by atoms with Crippen molar-refractivity contribution >= 4 is 44.3 Å². The van der Waals surface area contributed by atoms with E-state index in [1.165, 1.54) is 12.1 Å². The van der Waals surface area contributed by atoms with E-state index in [-0.39, 0.29) is 11.2 Å². The fourth-order valence-electron chi connectivity index (χ4n) is 2.54. The highest BCUT2D eigenvalue weighted by molar-refractivity contribution is 6.31. The topological polar surface area (TPSA) is 30.2 Å². The van der Waals surface area contributed by atoms with Crippen LogP contribution in [0, 0.1) is 5.82 Å². The Hall–Kier alpha value is -2.39. The highest BCUT2D eigenvalue weighted by atomic mass is 35.5. The van der Waals surface area contributed by atoms with E-state index in [0.29, 0.717) is 32.3 Å². The highest BCUT2D eigenvalue weighted by Gasteiger charge is 2.09. The van der Waals surface area contributed by atoms with Crippen LogP contribution in [0.25, 0.3) is 32.7 Å². The van der Waals surface area contributed by atoms with Gasteiger partial charge in [0.2, 0.25) is 5.43 Å². The van der Waals surface area contributed by atoms with Gasteiger partial charge in [-0.2, -0.15) is 0 Å². The SMILES string of the molecule is O=c1c2cc(Cl)ccc2oc2cc3ccc(F)cc3cc12. The predicted molar refractivity (Wildman–Crippen MR) is 82.5 cm³/mol. The van der Waals surface area contributed by atoms with Crippen molar-refractivity contribution in [3.63, 3.8) is 0 Å². The van der Waals surface area contributed by atoms with Gasteiger partial charge in [-0.25, -0.2) is 4.39 Å². The molecule has 102 valence electrons. The standard InChI is InChI=1S/C17H8ClFO2/c18-11-2-4-15-14(8-11)17(20)13-6-10-5-12(19)3-1-9(10)7-16(13)21-15/h1-8H. The molecule has 0 N–H and O–H groups in total. The fraction of sp³-hybridized carbons (Fsp3) is 0. The maximum Gasteiger partial charge on any atom is 0.200 e. The molecule has 1 heterocycles. The summed E-state index contributed by atoms with van der Waals surface area (Å²) in [6.07, 6.45) is 0. The van der Waals surface area contributed by atoms with Gasteiger partial charge < -0.3 is 4.42 Å². The van der Waals surface area contributed by atoms with Gasteiger partial charge >= 0.3 is 0 Å². The summed E-state index contributed by atoms with van der Waals surface area (Å²) >= 11 is 5.93. The van der Waals surface area contributed by atoms with Crippen LogP contribution in [0.1, 0.15) is 0 Å². The van der Waals surface area contributed by atoms with Crippen LogP contribution in [0.5, 0.6) is 0 Å². The predicted octanol–water partition coefficient (Wildman–Crippen LogP) is 4.89. The van der Waals surface area contributed by atoms with E-state index in [4.69, 9.17) is 16.0 Å². The number of halogens is 2. The maximum absolute atomic E-state index is 13.3. The number of hydrogen-bond acceptors (Lipinski definition) is 2. The van der Waals surface area contributed by atoms with Crippen molar-refractivity contribution in [3.05, 3.63) is 69.6 Å². The minimum absolute atomic E-state index is 0.167. The summed E-state index contributed by atoms with van der Waals surface area (Å²) in [6.45, 7) is 0. The van der Waals surface area contributed by atoms with Crippen LogP contribution in [-0.2, 0) is 0 Å². The van der Waals surface area contributed by atoms with E-state index >= 15 is 0 Å². The van der Waals surface area contributed by atoms with Gasteiger partial charge in [0, 0.05) is 5.02 Å². The average Bonchev–Trinajstić information content (AvgIpc) is 2.47. The van der Waals surface area contributed by atoms with E-state index < -0.39 is 0 Å². The lowest BCUT2D eigenvalue weighted by atomic mass is 10.1. The zero-order valence-electron chi connectivity index (χ0n) is 10.7. The lowest BCUT2D eigenvalue weighted by molar-refractivity contribution is 0.629. The Labute approximate surface area is 123 Å². The maximum atomic E-state index is 13.3. The molecule has 21 heavy (non-hydrogen) atoms.